The number of ether oxygens (including phenoxy) is 1. The van der Waals surface area contributed by atoms with Crippen LogP contribution in [0.4, 0.5) is 0 Å². The molecule has 1 heterocycles. The second-order valence-corrected chi connectivity index (χ2v) is 5.96. The Morgan fingerprint density at radius 1 is 1.27 bits per heavy atom. The Labute approximate surface area is 133 Å². The molecular weight excluding hydrogens is 292 g/mol. The second kappa shape index (κ2) is 6.00. The molecule has 0 spiro atoms. The number of aryl methyl sites for hydroxylation is 1. The fourth-order valence-corrected chi connectivity index (χ4v) is 3.17. The summed E-state index contributed by atoms with van der Waals surface area (Å²) in [5.41, 5.74) is 3.45. The van der Waals surface area contributed by atoms with Crippen LogP contribution in [-0.4, -0.2) is 12.1 Å². The average molecular weight is 306 g/mol. The second-order valence-electron chi connectivity index (χ2n) is 4.90. The standard InChI is InChI=1S/C18H14N2OS/c1-12-8-13(10-14(9-12)21-3)16(19-2)11-18-20-15-6-4-5-7-17(15)22-18/h4-11H,1,3H3/b16-11-. The Bertz CT molecular complexity index is 870. The molecule has 0 fully saturated rings. The number of rotatable bonds is 3. The number of thiazole rings is 1. The van der Waals surface area contributed by atoms with E-state index in [2.05, 4.69) is 9.83 Å². The summed E-state index contributed by atoms with van der Waals surface area (Å²) in [6.45, 7) is 9.46. The number of aromatic nitrogens is 1. The van der Waals surface area contributed by atoms with E-state index >= 15 is 0 Å². The van der Waals surface area contributed by atoms with Crippen molar-refractivity contribution in [2.75, 3.05) is 7.11 Å². The van der Waals surface area contributed by atoms with E-state index in [0.717, 1.165) is 32.1 Å². The fourth-order valence-electron chi connectivity index (χ4n) is 2.26. The van der Waals surface area contributed by atoms with Gasteiger partial charge in [0.05, 0.1) is 23.9 Å². The summed E-state index contributed by atoms with van der Waals surface area (Å²) in [7, 11) is 1.63. The summed E-state index contributed by atoms with van der Waals surface area (Å²) in [5, 5.41) is 0.840. The van der Waals surface area contributed by atoms with Crippen molar-refractivity contribution in [2.45, 2.75) is 6.92 Å². The first-order valence-corrected chi connectivity index (χ1v) is 7.62. The van der Waals surface area contributed by atoms with Crippen LogP contribution in [-0.2, 0) is 0 Å². The molecule has 0 saturated carbocycles. The Kier molecular flexibility index (Phi) is 3.90. The van der Waals surface area contributed by atoms with Gasteiger partial charge in [0.2, 0.25) is 0 Å². The van der Waals surface area contributed by atoms with Crippen LogP contribution < -0.4 is 4.74 Å². The number of methoxy groups -OCH3 is 1. The highest BCUT2D eigenvalue weighted by molar-refractivity contribution is 7.19. The molecule has 108 valence electrons. The van der Waals surface area contributed by atoms with E-state index in [4.69, 9.17) is 11.3 Å². The molecule has 3 rings (SSSR count). The molecular formula is C18H14N2OS. The molecule has 0 aliphatic carbocycles. The van der Waals surface area contributed by atoms with E-state index in [1.807, 2.05) is 55.5 Å². The van der Waals surface area contributed by atoms with E-state index in [9.17, 15) is 0 Å². The van der Waals surface area contributed by atoms with Gasteiger partial charge in [-0.05, 0) is 48.4 Å². The van der Waals surface area contributed by atoms with Crippen LogP contribution in [0.25, 0.3) is 26.8 Å². The van der Waals surface area contributed by atoms with Crippen LogP contribution in [0.1, 0.15) is 16.1 Å². The number of hydrogen-bond donors (Lipinski definition) is 0. The highest BCUT2D eigenvalue weighted by Gasteiger charge is 2.07. The van der Waals surface area contributed by atoms with Crippen molar-refractivity contribution in [2.24, 2.45) is 0 Å². The van der Waals surface area contributed by atoms with Gasteiger partial charge in [-0.25, -0.2) is 9.83 Å². The van der Waals surface area contributed by atoms with Crippen molar-refractivity contribution in [1.29, 1.82) is 0 Å². The summed E-state index contributed by atoms with van der Waals surface area (Å²) in [5.74, 6) is 0.758. The molecule has 3 aromatic rings. The lowest BCUT2D eigenvalue weighted by atomic mass is 10.1. The lowest BCUT2D eigenvalue weighted by molar-refractivity contribution is 0.414. The van der Waals surface area contributed by atoms with Gasteiger partial charge >= 0.3 is 0 Å². The Morgan fingerprint density at radius 2 is 2.09 bits per heavy atom. The SMILES string of the molecule is [C-]#[N+]/C(=C\c1nc2ccccc2s1)c1cc(C)cc(OC)c1. The van der Waals surface area contributed by atoms with Gasteiger partial charge in [-0.2, -0.15) is 0 Å². The van der Waals surface area contributed by atoms with E-state index in [-0.39, 0.29) is 0 Å². The predicted octanol–water partition coefficient (Wildman–Crippen LogP) is 5.03. The minimum Gasteiger partial charge on any atom is -0.497 e. The lowest BCUT2D eigenvalue weighted by Crippen LogP contribution is -1.88. The highest BCUT2D eigenvalue weighted by atomic mass is 32.1. The van der Waals surface area contributed by atoms with Crippen molar-refractivity contribution >= 4 is 33.3 Å². The first-order valence-electron chi connectivity index (χ1n) is 6.80. The predicted molar refractivity (Wildman–Crippen MR) is 91.8 cm³/mol. The van der Waals surface area contributed by atoms with Gasteiger partial charge in [-0.1, -0.05) is 18.2 Å². The zero-order valence-corrected chi connectivity index (χ0v) is 13.1. The molecule has 0 atom stereocenters. The van der Waals surface area contributed by atoms with E-state index < -0.39 is 0 Å². The van der Waals surface area contributed by atoms with Crippen LogP contribution in [0.2, 0.25) is 0 Å². The third-order valence-electron chi connectivity index (χ3n) is 3.27. The van der Waals surface area contributed by atoms with Crippen LogP contribution in [0.3, 0.4) is 0 Å². The zero-order valence-electron chi connectivity index (χ0n) is 12.3. The molecule has 0 amide bonds. The topological polar surface area (TPSA) is 26.5 Å². The maximum atomic E-state index is 7.47. The maximum absolute atomic E-state index is 7.47. The smallest absolute Gasteiger partial charge is 0.197 e. The summed E-state index contributed by atoms with van der Waals surface area (Å²) < 4.78 is 6.41. The Balaban J connectivity index is 2.07. The zero-order chi connectivity index (χ0) is 15.5. The molecule has 2 aromatic carbocycles. The molecule has 3 nitrogen and oxygen atoms in total. The summed E-state index contributed by atoms with van der Waals surface area (Å²) in [4.78, 5) is 8.22. The number of benzene rings is 2. The molecule has 0 aliphatic heterocycles. The third kappa shape index (κ3) is 2.85. The molecule has 0 aliphatic rings. The summed E-state index contributed by atoms with van der Waals surface area (Å²) in [6, 6.07) is 13.8. The molecule has 0 saturated heterocycles. The monoisotopic (exact) mass is 306 g/mol. The van der Waals surface area contributed by atoms with Gasteiger partial charge in [0.1, 0.15) is 10.8 Å². The van der Waals surface area contributed by atoms with Crippen molar-refractivity contribution in [1.82, 2.24) is 4.98 Å². The largest absolute Gasteiger partial charge is 0.497 e. The molecule has 0 radical (unpaired) electrons. The fraction of sp³-hybridized carbons (Fsp3) is 0.111. The van der Waals surface area contributed by atoms with E-state index in [0.29, 0.717) is 5.70 Å². The summed E-state index contributed by atoms with van der Waals surface area (Å²) in [6.07, 6.45) is 1.84. The van der Waals surface area contributed by atoms with Gasteiger partial charge < -0.3 is 4.74 Å². The van der Waals surface area contributed by atoms with Crippen molar-refractivity contribution in [3.05, 3.63) is 70.0 Å². The average Bonchev–Trinajstić information content (AvgIpc) is 2.94. The van der Waals surface area contributed by atoms with Crippen LogP contribution >= 0.6 is 11.3 Å². The number of nitrogens with zero attached hydrogens (tertiary/aromatic N) is 2. The van der Waals surface area contributed by atoms with Crippen LogP contribution in [0.5, 0.6) is 5.75 Å². The van der Waals surface area contributed by atoms with E-state index in [1.165, 1.54) is 0 Å². The van der Waals surface area contributed by atoms with E-state index in [1.54, 1.807) is 18.4 Å². The molecule has 0 N–H and O–H groups in total. The molecule has 4 heteroatoms. The van der Waals surface area contributed by atoms with Crippen LogP contribution in [0, 0.1) is 13.5 Å². The molecule has 1 aromatic heterocycles. The van der Waals surface area contributed by atoms with Gasteiger partial charge in [0.15, 0.2) is 5.70 Å². The molecule has 0 bridgehead atoms. The minimum absolute atomic E-state index is 0.570. The van der Waals surface area contributed by atoms with Gasteiger partial charge in [-0.3, -0.25) is 0 Å². The van der Waals surface area contributed by atoms with Gasteiger partial charge in [0, 0.05) is 0 Å². The third-order valence-corrected chi connectivity index (χ3v) is 4.26. The van der Waals surface area contributed by atoms with Gasteiger partial charge in [-0.15, -0.1) is 11.3 Å². The minimum atomic E-state index is 0.570. The molecule has 0 unspecified atom stereocenters. The highest BCUT2D eigenvalue weighted by Crippen LogP contribution is 2.28. The maximum Gasteiger partial charge on any atom is 0.197 e. The number of hydrogen-bond acceptors (Lipinski definition) is 3. The van der Waals surface area contributed by atoms with Crippen LogP contribution in [0.15, 0.2) is 42.5 Å². The normalized spacial score (nSPS) is 11.4. The lowest BCUT2D eigenvalue weighted by Gasteiger charge is -2.05. The Hall–Kier alpha value is -2.64. The summed E-state index contributed by atoms with van der Waals surface area (Å²) >= 11 is 1.59. The number of fused-ring (bicyclic) bond motifs is 1. The first kappa shape index (κ1) is 14.3. The molecule has 22 heavy (non-hydrogen) atoms. The quantitative estimate of drug-likeness (QED) is 0.634. The van der Waals surface area contributed by atoms with Crippen molar-refractivity contribution in [3.63, 3.8) is 0 Å². The Morgan fingerprint density at radius 3 is 2.82 bits per heavy atom. The van der Waals surface area contributed by atoms with Crippen molar-refractivity contribution in [3.8, 4) is 5.75 Å². The first-order chi connectivity index (χ1) is 10.7. The van der Waals surface area contributed by atoms with Gasteiger partial charge in [0.25, 0.3) is 0 Å². The van der Waals surface area contributed by atoms with Crippen molar-refractivity contribution < 1.29 is 4.74 Å². The number of para-hydroxylation sites is 1.